The molecule has 1 fully saturated rings. The van der Waals surface area contributed by atoms with Crippen molar-refractivity contribution in [1.29, 1.82) is 0 Å². The zero-order chi connectivity index (χ0) is 13.4. The van der Waals surface area contributed by atoms with Crippen molar-refractivity contribution in [2.24, 2.45) is 0 Å². The molecule has 1 saturated heterocycles. The van der Waals surface area contributed by atoms with Gasteiger partial charge in [0.1, 0.15) is 0 Å². The molecule has 0 spiro atoms. The number of carbonyl (C=O) groups is 2. The topological polar surface area (TPSA) is 78.4 Å². The molecule has 0 aromatic rings. The maximum Gasteiger partial charge on any atom is 0.315 e. The van der Waals surface area contributed by atoms with Gasteiger partial charge in [-0.2, -0.15) is 23.5 Å². The van der Waals surface area contributed by atoms with Gasteiger partial charge >= 0.3 is 12.0 Å². The van der Waals surface area contributed by atoms with E-state index in [0.29, 0.717) is 18.2 Å². The lowest BCUT2D eigenvalue weighted by molar-refractivity contribution is -0.137. The van der Waals surface area contributed by atoms with Crippen LogP contribution < -0.4 is 10.6 Å². The Kier molecular flexibility index (Phi) is 7.34. The quantitative estimate of drug-likeness (QED) is 0.689. The van der Waals surface area contributed by atoms with Gasteiger partial charge < -0.3 is 15.7 Å². The highest BCUT2D eigenvalue weighted by Gasteiger charge is 2.15. The van der Waals surface area contributed by atoms with Gasteiger partial charge in [0.2, 0.25) is 0 Å². The van der Waals surface area contributed by atoms with Crippen LogP contribution in [0.15, 0.2) is 0 Å². The molecular weight excluding hydrogens is 272 g/mol. The molecular formula is C11H20N2O3S2. The van der Waals surface area contributed by atoms with Crippen LogP contribution in [0.4, 0.5) is 4.79 Å². The number of carbonyl (C=O) groups excluding carboxylic acids is 1. The van der Waals surface area contributed by atoms with Gasteiger partial charge in [0.05, 0.1) is 0 Å². The van der Waals surface area contributed by atoms with E-state index in [2.05, 4.69) is 10.6 Å². The molecule has 104 valence electrons. The van der Waals surface area contributed by atoms with Gasteiger partial charge in [-0.05, 0) is 13.3 Å². The summed E-state index contributed by atoms with van der Waals surface area (Å²) >= 11 is 3.82. The summed E-state index contributed by atoms with van der Waals surface area (Å²) < 4.78 is 0. The van der Waals surface area contributed by atoms with Crippen molar-refractivity contribution in [3.63, 3.8) is 0 Å². The Morgan fingerprint density at radius 3 is 2.83 bits per heavy atom. The maximum absolute atomic E-state index is 11.6. The molecule has 1 heterocycles. The highest BCUT2D eigenvalue weighted by Crippen LogP contribution is 2.23. The van der Waals surface area contributed by atoms with Crippen molar-refractivity contribution in [2.45, 2.75) is 31.1 Å². The summed E-state index contributed by atoms with van der Waals surface area (Å²) in [4.78, 5) is 21.9. The van der Waals surface area contributed by atoms with Gasteiger partial charge in [-0.1, -0.05) is 0 Å². The van der Waals surface area contributed by atoms with Crippen molar-refractivity contribution in [3.05, 3.63) is 0 Å². The molecule has 5 nitrogen and oxygen atoms in total. The van der Waals surface area contributed by atoms with E-state index in [0.717, 1.165) is 11.5 Å². The lowest BCUT2D eigenvalue weighted by atomic mass is 10.2. The van der Waals surface area contributed by atoms with Crippen LogP contribution in [0.3, 0.4) is 0 Å². The van der Waals surface area contributed by atoms with E-state index >= 15 is 0 Å². The summed E-state index contributed by atoms with van der Waals surface area (Å²) in [5.74, 6) is 2.59. The van der Waals surface area contributed by atoms with Gasteiger partial charge in [0, 0.05) is 41.5 Å². The maximum atomic E-state index is 11.6. The monoisotopic (exact) mass is 292 g/mol. The number of carboxylic acids is 1. The molecule has 0 aromatic carbocycles. The standard InChI is InChI=1S/C11H20N2O3S2/c1-8(2-3-10(14)15)13-11(16)12-6-9-7-17-4-5-18-9/h8-9H,2-7H2,1H3,(H,14,15)(H2,12,13,16). The summed E-state index contributed by atoms with van der Waals surface area (Å²) in [6.45, 7) is 2.49. The summed E-state index contributed by atoms with van der Waals surface area (Å²) in [6.07, 6.45) is 0.535. The molecule has 0 radical (unpaired) electrons. The molecule has 2 atom stereocenters. The van der Waals surface area contributed by atoms with Gasteiger partial charge in [0.25, 0.3) is 0 Å². The van der Waals surface area contributed by atoms with Gasteiger partial charge in [-0.3, -0.25) is 4.79 Å². The molecule has 2 amide bonds. The summed E-state index contributed by atoms with van der Waals surface area (Å²) in [5.41, 5.74) is 0. The first-order chi connectivity index (χ1) is 8.58. The van der Waals surface area contributed by atoms with Crippen molar-refractivity contribution in [1.82, 2.24) is 10.6 Å². The minimum absolute atomic E-state index is 0.0799. The second kappa shape index (κ2) is 8.53. The molecule has 0 saturated carbocycles. The fraction of sp³-hybridized carbons (Fsp3) is 0.818. The van der Waals surface area contributed by atoms with E-state index in [-0.39, 0.29) is 18.5 Å². The number of carboxylic acid groups (broad SMARTS) is 1. The van der Waals surface area contributed by atoms with E-state index in [1.165, 1.54) is 5.75 Å². The Bertz CT molecular complexity index is 283. The second-order valence-electron chi connectivity index (χ2n) is 4.26. The molecule has 0 aromatic heterocycles. The molecule has 2 unspecified atom stereocenters. The van der Waals surface area contributed by atoms with Crippen LogP contribution in [0.25, 0.3) is 0 Å². The normalized spacial score (nSPS) is 21.1. The highest BCUT2D eigenvalue weighted by atomic mass is 32.2. The third kappa shape index (κ3) is 7.00. The second-order valence-corrected chi connectivity index (χ2v) is 6.81. The average molecular weight is 292 g/mol. The third-order valence-electron chi connectivity index (χ3n) is 2.54. The van der Waals surface area contributed by atoms with E-state index in [9.17, 15) is 9.59 Å². The minimum Gasteiger partial charge on any atom is -0.481 e. The first-order valence-electron chi connectivity index (χ1n) is 6.03. The fourth-order valence-corrected chi connectivity index (χ4v) is 4.16. The molecule has 0 aliphatic carbocycles. The Balaban J connectivity index is 2.10. The molecule has 18 heavy (non-hydrogen) atoms. The predicted octanol–water partition coefficient (Wildman–Crippen LogP) is 1.39. The largest absolute Gasteiger partial charge is 0.481 e. The number of amides is 2. The van der Waals surface area contributed by atoms with Gasteiger partial charge in [0.15, 0.2) is 0 Å². The molecule has 3 N–H and O–H groups in total. The number of hydrogen-bond acceptors (Lipinski definition) is 4. The van der Waals surface area contributed by atoms with Crippen LogP contribution in [0.5, 0.6) is 0 Å². The Morgan fingerprint density at radius 2 is 2.22 bits per heavy atom. The Labute approximate surface area is 116 Å². The van der Waals surface area contributed by atoms with Gasteiger partial charge in [-0.25, -0.2) is 4.79 Å². The SMILES string of the molecule is CC(CCC(=O)O)NC(=O)NCC1CSCCS1. The van der Waals surface area contributed by atoms with E-state index in [1.54, 1.807) is 0 Å². The predicted molar refractivity (Wildman–Crippen MR) is 76.4 cm³/mol. The highest BCUT2D eigenvalue weighted by molar-refractivity contribution is 8.06. The van der Waals surface area contributed by atoms with Crippen molar-refractivity contribution >= 4 is 35.5 Å². The first kappa shape index (κ1) is 15.5. The summed E-state index contributed by atoms with van der Waals surface area (Å²) in [6, 6.07) is -0.321. The number of urea groups is 1. The van der Waals surface area contributed by atoms with Crippen LogP contribution in [0.2, 0.25) is 0 Å². The average Bonchev–Trinajstić information content (AvgIpc) is 2.35. The lowest BCUT2D eigenvalue weighted by Gasteiger charge is -2.22. The zero-order valence-electron chi connectivity index (χ0n) is 10.5. The zero-order valence-corrected chi connectivity index (χ0v) is 12.1. The van der Waals surface area contributed by atoms with E-state index < -0.39 is 5.97 Å². The number of thioether (sulfide) groups is 2. The van der Waals surface area contributed by atoms with Crippen LogP contribution >= 0.6 is 23.5 Å². The fourth-order valence-electron chi connectivity index (χ4n) is 1.55. The molecule has 1 aliphatic heterocycles. The van der Waals surface area contributed by atoms with Crippen LogP contribution in [-0.4, -0.2) is 52.2 Å². The number of rotatable bonds is 6. The molecule has 7 heteroatoms. The first-order valence-corrected chi connectivity index (χ1v) is 8.23. The van der Waals surface area contributed by atoms with Crippen LogP contribution in [0.1, 0.15) is 19.8 Å². The van der Waals surface area contributed by atoms with Gasteiger partial charge in [-0.15, -0.1) is 0 Å². The Morgan fingerprint density at radius 1 is 1.44 bits per heavy atom. The van der Waals surface area contributed by atoms with E-state index in [4.69, 9.17) is 5.11 Å². The smallest absolute Gasteiger partial charge is 0.315 e. The van der Waals surface area contributed by atoms with Crippen molar-refractivity contribution in [3.8, 4) is 0 Å². The molecule has 1 aliphatic rings. The minimum atomic E-state index is -0.834. The van der Waals surface area contributed by atoms with Crippen molar-refractivity contribution < 1.29 is 14.7 Å². The van der Waals surface area contributed by atoms with Crippen LogP contribution in [-0.2, 0) is 4.79 Å². The molecule has 0 bridgehead atoms. The van der Waals surface area contributed by atoms with Crippen molar-refractivity contribution in [2.75, 3.05) is 23.8 Å². The molecule has 1 rings (SSSR count). The van der Waals surface area contributed by atoms with E-state index in [1.807, 2.05) is 30.4 Å². The van der Waals surface area contributed by atoms with Crippen LogP contribution in [0, 0.1) is 0 Å². The lowest BCUT2D eigenvalue weighted by Crippen LogP contribution is -2.43. The Hall–Kier alpha value is -0.560. The number of nitrogens with one attached hydrogen (secondary N) is 2. The number of aliphatic carboxylic acids is 1. The number of hydrogen-bond donors (Lipinski definition) is 3. The third-order valence-corrected chi connectivity index (χ3v) is 5.39. The summed E-state index contributed by atoms with van der Waals surface area (Å²) in [5, 5.41) is 14.6. The summed E-state index contributed by atoms with van der Waals surface area (Å²) in [7, 11) is 0.